The topological polar surface area (TPSA) is 83.1 Å². The van der Waals surface area contributed by atoms with E-state index in [1.54, 1.807) is 12.1 Å². The van der Waals surface area contributed by atoms with Crippen molar-refractivity contribution in [3.63, 3.8) is 0 Å². The van der Waals surface area contributed by atoms with Crippen LogP contribution in [0, 0.1) is 0 Å². The Morgan fingerprint density at radius 2 is 1.55 bits per heavy atom. The third-order valence-corrected chi connectivity index (χ3v) is 2.71. The molecule has 0 aliphatic carbocycles. The van der Waals surface area contributed by atoms with Gasteiger partial charge in [-0.25, -0.2) is 4.79 Å². The maximum atomic E-state index is 11.7. The molecule has 1 rings (SSSR count). The molecule has 120 valence electrons. The van der Waals surface area contributed by atoms with E-state index in [1.807, 2.05) is 0 Å². The monoisotopic (exact) mass is 309 g/mol. The van der Waals surface area contributed by atoms with E-state index < -0.39 is 5.97 Å². The highest BCUT2D eigenvalue weighted by Crippen LogP contribution is 2.38. The number of amides is 1. The molecule has 7 nitrogen and oxygen atoms in total. The fraction of sp³-hybridized carbons (Fsp3) is 0.333. The molecule has 1 N–H and O–H groups in total. The molecule has 0 aliphatic heterocycles. The number of hydrogen-bond donors (Lipinski definition) is 1. The number of benzene rings is 1. The molecule has 7 heteroatoms. The van der Waals surface area contributed by atoms with E-state index in [2.05, 4.69) is 10.1 Å². The molecule has 0 unspecified atom stereocenters. The van der Waals surface area contributed by atoms with Gasteiger partial charge in [0, 0.05) is 6.92 Å². The van der Waals surface area contributed by atoms with E-state index in [4.69, 9.17) is 14.2 Å². The highest BCUT2D eigenvalue weighted by atomic mass is 16.5. The fourth-order valence-corrected chi connectivity index (χ4v) is 1.80. The van der Waals surface area contributed by atoms with Crippen molar-refractivity contribution in [1.29, 1.82) is 0 Å². The summed E-state index contributed by atoms with van der Waals surface area (Å²) in [6.45, 7) is 1.30. The van der Waals surface area contributed by atoms with Crippen molar-refractivity contribution < 1.29 is 28.5 Å². The molecule has 1 aromatic rings. The third kappa shape index (κ3) is 4.15. The zero-order chi connectivity index (χ0) is 16.7. The van der Waals surface area contributed by atoms with Gasteiger partial charge in [0.1, 0.15) is 5.70 Å². The van der Waals surface area contributed by atoms with E-state index in [-0.39, 0.29) is 11.6 Å². The Bertz CT molecular complexity index is 569. The van der Waals surface area contributed by atoms with Crippen molar-refractivity contribution in [2.24, 2.45) is 0 Å². The third-order valence-electron chi connectivity index (χ3n) is 2.71. The molecule has 0 spiro atoms. The van der Waals surface area contributed by atoms with Gasteiger partial charge in [0.25, 0.3) is 0 Å². The average molecular weight is 309 g/mol. The molecule has 22 heavy (non-hydrogen) atoms. The number of methoxy groups -OCH3 is 4. The van der Waals surface area contributed by atoms with Crippen molar-refractivity contribution in [2.45, 2.75) is 6.92 Å². The average Bonchev–Trinajstić information content (AvgIpc) is 2.51. The minimum Gasteiger partial charge on any atom is -0.493 e. The van der Waals surface area contributed by atoms with Crippen LogP contribution in [-0.2, 0) is 14.3 Å². The first-order valence-corrected chi connectivity index (χ1v) is 6.34. The summed E-state index contributed by atoms with van der Waals surface area (Å²) in [5, 5.41) is 2.42. The first-order valence-electron chi connectivity index (χ1n) is 6.34. The molecule has 0 saturated heterocycles. The van der Waals surface area contributed by atoms with Gasteiger partial charge in [-0.2, -0.15) is 0 Å². The van der Waals surface area contributed by atoms with Crippen LogP contribution < -0.4 is 19.5 Å². The summed E-state index contributed by atoms with van der Waals surface area (Å²) in [5.74, 6) is 0.245. The van der Waals surface area contributed by atoms with Crippen LogP contribution in [0.4, 0.5) is 0 Å². The van der Waals surface area contributed by atoms with Crippen LogP contribution in [0.15, 0.2) is 17.8 Å². The van der Waals surface area contributed by atoms with Gasteiger partial charge < -0.3 is 24.3 Å². The van der Waals surface area contributed by atoms with Crippen LogP contribution in [-0.4, -0.2) is 40.3 Å². The smallest absolute Gasteiger partial charge is 0.354 e. The number of rotatable bonds is 6. The molecule has 0 fully saturated rings. The van der Waals surface area contributed by atoms with Crippen molar-refractivity contribution in [2.75, 3.05) is 28.4 Å². The molecule has 0 aliphatic rings. The lowest BCUT2D eigenvalue weighted by Gasteiger charge is -2.13. The van der Waals surface area contributed by atoms with Gasteiger partial charge in [0.2, 0.25) is 11.7 Å². The van der Waals surface area contributed by atoms with Gasteiger partial charge in [-0.3, -0.25) is 4.79 Å². The summed E-state index contributed by atoms with van der Waals surface area (Å²) in [5.41, 5.74) is 0.577. The lowest BCUT2D eigenvalue weighted by atomic mass is 10.1. The first kappa shape index (κ1) is 17.4. The lowest BCUT2D eigenvalue weighted by molar-refractivity contribution is -0.137. The van der Waals surface area contributed by atoms with Crippen LogP contribution in [0.3, 0.4) is 0 Å². The molecular formula is C15H19NO6. The fourth-order valence-electron chi connectivity index (χ4n) is 1.80. The number of hydrogen-bond acceptors (Lipinski definition) is 6. The van der Waals surface area contributed by atoms with Crippen molar-refractivity contribution in [3.05, 3.63) is 23.4 Å². The van der Waals surface area contributed by atoms with Crippen LogP contribution in [0.2, 0.25) is 0 Å². The summed E-state index contributed by atoms with van der Waals surface area (Å²) < 4.78 is 20.3. The van der Waals surface area contributed by atoms with Gasteiger partial charge in [0.15, 0.2) is 11.5 Å². The molecule has 0 atom stereocenters. The molecule has 0 bridgehead atoms. The minimum absolute atomic E-state index is 0.00396. The van der Waals surface area contributed by atoms with Crippen molar-refractivity contribution in [3.8, 4) is 17.2 Å². The summed E-state index contributed by atoms with van der Waals surface area (Å²) in [7, 11) is 5.69. The predicted octanol–water partition coefficient (Wildman–Crippen LogP) is 1.36. The van der Waals surface area contributed by atoms with Crippen LogP contribution >= 0.6 is 0 Å². The zero-order valence-electron chi connectivity index (χ0n) is 13.2. The molecule has 1 amide bonds. The normalized spacial score (nSPS) is 10.7. The largest absolute Gasteiger partial charge is 0.493 e. The lowest BCUT2D eigenvalue weighted by Crippen LogP contribution is -2.25. The maximum Gasteiger partial charge on any atom is 0.354 e. The van der Waals surface area contributed by atoms with E-state index in [1.165, 1.54) is 41.4 Å². The molecule has 1 aromatic carbocycles. The SMILES string of the molecule is COC(=O)C(=Cc1cc(OC)c(OC)c(OC)c1)NC(C)=O. The Balaban J connectivity index is 3.36. The summed E-state index contributed by atoms with van der Waals surface area (Å²) in [4.78, 5) is 22.9. The summed E-state index contributed by atoms with van der Waals surface area (Å²) >= 11 is 0. The highest BCUT2D eigenvalue weighted by molar-refractivity contribution is 5.97. The summed E-state index contributed by atoms with van der Waals surface area (Å²) in [6.07, 6.45) is 1.46. The standard InChI is InChI=1S/C15H19NO6/c1-9(17)16-11(15(18)22-5)6-10-7-12(19-2)14(21-4)13(8-10)20-3/h6-8H,1-5H3,(H,16,17). The van der Waals surface area contributed by atoms with Crippen molar-refractivity contribution >= 4 is 18.0 Å². The second-order valence-corrected chi connectivity index (χ2v) is 4.19. The molecule has 0 aromatic heterocycles. The Labute approximate surface area is 128 Å². The summed E-state index contributed by atoms with van der Waals surface area (Å²) in [6, 6.07) is 3.29. The quantitative estimate of drug-likeness (QED) is 0.631. The van der Waals surface area contributed by atoms with Gasteiger partial charge in [-0.1, -0.05) is 0 Å². The Morgan fingerprint density at radius 1 is 1.00 bits per heavy atom. The molecular weight excluding hydrogens is 290 g/mol. The van der Waals surface area contributed by atoms with Gasteiger partial charge >= 0.3 is 5.97 Å². The zero-order valence-corrected chi connectivity index (χ0v) is 13.2. The van der Waals surface area contributed by atoms with E-state index >= 15 is 0 Å². The minimum atomic E-state index is -0.663. The predicted molar refractivity (Wildman–Crippen MR) is 79.9 cm³/mol. The number of nitrogens with one attached hydrogen (secondary N) is 1. The molecule has 0 heterocycles. The maximum absolute atomic E-state index is 11.7. The van der Waals surface area contributed by atoms with Gasteiger partial charge in [0.05, 0.1) is 28.4 Å². The Morgan fingerprint density at radius 3 is 1.91 bits per heavy atom. The number of esters is 1. The number of ether oxygens (including phenoxy) is 4. The van der Waals surface area contributed by atoms with Gasteiger partial charge in [-0.05, 0) is 23.8 Å². The van der Waals surface area contributed by atoms with E-state index in [0.29, 0.717) is 22.8 Å². The first-order chi connectivity index (χ1) is 10.5. The number of carbonyl (C=O) groups is 2. The highest BCUT2D eigenvalue weighted by Gasteiger charge is 2.15. The molecule has 0 radical (unpaired) electrons. The van der Waals surface area contributed by atoms with Gasteiger partial charge in [-0.15, -0.1) is 0 Å². The van der Waals surface area contributed by atoms with Crippen LogP contribution in [0.5, 0.6) is 17.2 Å². The Hall–Kier alpha value is -2.70. The Kier molecular flexibility index (Phi) is 6.25. The van der Waals surface area contributed by atoms with Crippen LogP contribution in [0.1, 0.15) is 12.5 Å². The van der Waals surface area contributed by atoms with E-state index in [0.717, 1.165) is 0 Å². The van der Waals surface area contributed by atoms with E-state index in [9.17, 15) is 9.59 Å². The molecule has 0 saturated carbocycles. The van der Waals surface area contributed by atoms with Crippen LogP contribution in [0.25, 0.3) is 6.08 Å². The second-order valence-electron chi connectivity index (χ2n) is 4.19. The second kappa shape index (κ2) is 7.92. The number of carbonyl (C=O) groups excluding carboxylic acids is 2. The van der Waals surface area contributed by atoms with Crippen molar-refractivity contribution in [1.82, 2.24) is 5.32 Å².